The van der Waals surface area contributed by atoms with Gasteiger partial charge in [0.15, 0.2) is 11.0 Å². The summed E-state index contributed by atoms with van der Waals surface area (Å²) in [7, 11) is 0. The first-order chi connectivity index (χ1) is 16.3. The maximum atomic E-state index is 12.9. The minimum absolute atomic E-state index is 0.143. The molecule has 2 N–H and O–H groups in total. The third-order valence-corrected chi connectivity index (χ3v) is 6.61. The summed E-state index contributed by atoms with van der Waals surface area (Å²) in [6.07, 6.45) is 0.673. The highest BCUT2D eigenvalue weighted by atomic mass is 35.5. The van der Waals surface area contributed by atoms with Crippen molar-refractivity contribution in [2.24, 2.45) is 5.92 Å². The van der Waals surface area contributed by atoms with E-state index in [1.54, 1.807) is 48.5 Å². The van der Waals surface area contributed by atoms with Crippen LogP contribution in [-0.4, -0.2) is 32.3 Å². The SMILES string of the molecule is CCn1c(SCC(=O)Nc2ccccc2Cl)nnc1[C@@H](CC(C)C)NC(=O)c1ccccc1Cl. The van der Waals surface area contributed by atoms with Crippen LogP contribution in [0.15, 0.2) is 53.7 Å². The molecule has 3 rings (SSSR count). The van der Waals surface area contributed by atoms with Crippen LogP contribution >= 0.6 is 35.0 Å². The van der Waals surface area contributed by atoms with Gasteiger partial charge in [0.2, 0.25) is 5.91 Å². The number of rotatable bonds is 10. The monoisotopic (exact) mass is 519 g/mol. The van der Waals surface area contributed by atoms with Crippen molar-refractivity contribution in [3.8, 4) is 0 Å². The molecule has 0 aliphatic heterocycles. The molecule has 0 aliphatic carbocycles. The van der Waals surface area contributed by atoms with Gasteiger partial charge in [-0.1, -0.05) is 73.1 Å². The zero-order chi connectivity index (χ0) is 24.7. The van der Waals surface area contributed by atoms with E-state index in [2.05, 4.69) is 34.7 Å². The largest absolute Gasteiger partial charge is 0.342 e. The Hall–Kier alpha value is -2.55. The van der Waals surface area contributed by atoms with Crippen LogP contribution in [0.1, 0.15) is 49.4 Å². The Bertz CT molecular complexity index is 1150. The third kappa shape index (κ3) is 6.74. The molecule has 0 bridgehead atoms. The Morgan fingerprint density at radius 1 is 1.03 bits per heavy atom. The smallest absolute Gasteiger partial charge is 0.253 e. The number of benzene rings is 2. The average molecular weight is 520 g/mol. The van der Waals surface area contributed by atoms with Gasteiger partial charge in [-0.15, -0.1) is 10.2 Å². The Morgan fingerprint density at radius 3 is 2.35 bits per heavy atom. The first-order valence-electron chi connectivity index (χ1n) is 11.0. The minimum Gasteiger partial charge on any atom is -0.342 e. The fraction of sp³-hybridized carbons (Fsp3) is 0.333. The molecule has 1 atom stereocenters. The number of nitrogens with one attached hydrogen (secondary N) is 2. The van der Waals surface area contributed by atoms with Gasteiger partial charge in [0.25, 0.3) is 5.91 Å². The Morgan fingerprint density at radius 2 is 1.71 bits per heavy atom. The normalized spacial score (nSPS) is 11.9. The number of para-hydroxylation sites is 1. The molecule has 0 aliphatic rings. The molecule has 0 unspecified atom stereocenters. The summed E-state index contributed by atoms with van der Waals surface area (Å²) in [5.74, 6) is 0.623. The number of amides is 2. The lowest BCUT2D eigenvalue weighted by Crippen LogP contribution is -2.31. The Balaban J connectivity index is 1.74. The van der Waals surface area contributed by atoms with Crippen molar-refractivity contribution in [2.45, 2.75) is 44.9 Å². The lowest BCUT2D eigenvalue weighted by Gasteiger charge is -2.21. The molecule has 1 aromatic heterocycles. The van der Waals surface area contributed by atoms with Crippen LogP contribution < -0.4 is 10.6 Å². The molecule has 1 heterocycles. The fourth-order valence-electron chi connectivity index (χ4n) is 3.42. The summed E-state index contributed by atoms with van der Waals surface area (Å²) in [6, 6.07) is 13.6. The third-order valence-electron chi connectivity index (χ3n) is 4.98. The zero-order valence-corrected chi connectivity index (χ0v) is 21.5. The highest BCUT2D eigenvalue weighted by molar-refractivity contribution is 7.99. The number of anilines is 1. The number of carbonyl (C=O) groups excluding carboxylic acids is 2. The summed E-state index contributed by atoms with van der Waals surface area (Å²) < 4.78 is 1.92. The topological polar surface area (TPSA) is 88.9 Å². The van der Waals surface area contributed by atoms with E-state index in [9.17, 15) is 9.59 Å². The summed E-state index contributed by atoms with van der Waals surface area (Å²) >= 11 is 13.6. The van der Waals surface area contributed by atoms with E-state index < -0.39 is 0 Å². The molecule has 180 valence electrons. The summed E-state index contributed by atoms with van der Waals surface area (Å²) in [5, 5.41) is 16.0. The van der Waals surface area contributed by atoms with Gasteiger partial charge in [0, 0.05) is 6.54 Å². The van der Waals surface area contributed by atoms with E-state index in [4.69, 9.17) is 23.2 Å². The number of halogens is 2. The standard InChI is InChI=1S/C24H27Cl2N5O2S/c1-4-31-22(20(13-15(2)3)28-23(33)16-9-5-6-10-17(16)25)29-30-24(31)34-14-21(32)27-19-12-8-7-11-18(19)26/h5-12,15,20H,4,13-14H2,1-3H3,(H,27,32)(H,28,33)/t20-/m1/s1. The number of hydrogen-bond acceptors (Lipinski definition) is 5. The van der Waals surface area contributed by atoms with Gasteiger partial charge < -0.3 is 15.2 Å². The van der Waals surface area contributed by atoms with Gasteiger partial charge in [-0.3, -0.25) is 9.59 Å². The average Bonchev–Trinajstić information content (AvgIpc) is 3.21. The second-order valence-electron chi connectivity index (χ2n) is 8.04. The van der Waals surface area contributed by atoms with Crippen LogP contribution in [0.5, 0.6) is 0 Å². The van der Waals surface area contributed by atoms with Crippen molar-refractivity contribution in [3.05, 3.63) is 70.0 Å². The maximum Gasteiger partial charge on any atom is 0.253 e. The molecule has 0 saturated carbocycles. The maximum absolute atomic E-state index is 12.9. The molecule has 0 spiro atoms. The molecule has 0 saturated heterocycles. The zero-order valence-electron chi connectivity index (χ0n) is 19.2. The molecule has 2 aromatic carbocycles. The van der Waals surface area contributed by atoms with E-state index in [0.717, 1.165) is 0 Å². The predicted octanol–water partition coefficient (Wildman–Crippen LogP) is 5.85. The lowest BCUT2D eigenvalue weighted by molar-refractivity contribution is -0.113. The van der Waals surface area contributed by atoms with E-state index >= 15 is 0 Å². The van der Waals surface area contributed by atoms with E-state index in [0.29, 0.717) is 51.2 Å². The quantitative estimate of drug-likeness (QED) is 0.327. The van der Waals surface area contributed by atoms with Crippen molar-refractivity contribution in [2.75, 3.05) is 11.1 Å². The van der Waals surface area contributed by atoms with Crippen LogP contribution in [0, 0.1) is 5.92 Å². The Labute approximate surface area is 213 Å². The van der Waals surface area contributed by atoms with Gasteiger partial charge in [0.1, 0.15) is 0 Å². The van der Waals surface area contributed by atoms with Gasteiger partial charge >= 0.3 is 0 Å². The second kappa shape index (κ2) is 12.2. The molecule has 10 heteroatoms. The van der Waals surface area contributed by atoms with E-state index in [-0.39, 0.29) is 23.6 Å². The van der Waals surface area contributed by atoms with Crippen molar-refractivity contribution >= 4 is 52.5 Å². The summed E-state index contributed by atoms with van der Waals surface area (Å²) in [6.45, 7) is 6.72. The molecule has 34 heavy (non-hydrogen) atoms. The van der Waals surface area contributed by atoms with Crippen LogP contribution in [0.4, 0.5) is 5.69 Å². The van der Waals surface area contributed by atoms with Crippen LogP contribution in [0.3, 0.4) is 0 Å². The second-order valence-corrected chi connectivity index (χ2v) is 9.79. The number of thioether (sulfide) groups is 1. The van der Waals surface area contributed by atoms with Crippen LogP contribution in [-0.2, 0) is 11.3 Å². The van der Waals surface area contributed by atoms with Crippen LogP contribution in [0.2, 0.25) is 10.0 Å². The van der Waals surface area contributed by atoms with Crippen molar-refractivity contribution in [1.29, 1.82) is 0 Å². The van der Waals surface area contributed by atoms with Gasteiger partial charge in [0.05, 0.1) is 33.1 Å². The number of hydrogen-bond donors (Lipinski definition) is 2. The molecule has 0 radical (unpaired) electrons. The molecule has 3 aromatic rings. The molecular weight excluding hydrogens is 493 g/mol. The highest BCUT2D eigenvalue weighted by Gasteiger charge is 2.25. The van der Waals surface area contributed by atoms with Gasteiger partial charge in [-0.25, -0.2) is 0 Å². The minimum atomic E-state index is -0.359. The number of carbonyl (C=O) groups is 2. The van der Waals surface area contributed by atoms with E-state index in [1.807, 2.05) is 11.5 Å². The van der Waals surface area contributed by atoms with Gasteiger partial charge in [-0.05, 0) is 43.5 Å². The molecule has 2 amide bonds. The fourth-order valence-corrected chi connectivity index (χ4v) is 4.64. The van der Waals surface area contributed by atoms with Crippen molar-refractivity contribution in [3.63, 3.8) is 0 Å². The highest BCUT2D eigenvalue weighted by Crippen LogP contribution is 2.27. The van der Waals surface area contributed by atoms with E-state index in [1.165, 1.54) is 11.8 Å². The first kappa shape index (κ1) is 26.1. The first-order valence-corrected chi connectivity index (χ1v) is 12.7. The van der Waals surface area contributed by atoms with Crippen molar-refractivity contribution in [1.82, 2.24) is 20.1 Å². The van der Waals surface area contributed by atoms with Gasteiger partial charge in [-0.2, -0.15) is 0 Å². The predicted molar refractivity (Wildman–Crippen MR) is 138 cm³/mol. The lowest BCUT2D eigenvalue weighted by atomic mass is 10.0. The molecular formula is C24H27Cl2N5O2S. The molecule has 0 fully saturated rings. The summed E-state index contributed by atoms with van der Waals surface area (Å²) in [4.78, 5) is 25.4. The van der Waals surface area contributed by atoms with Crippen molar-refractivity contribution < 1.29 is 9.59 Å². The number of nitrogens with zero attached hydrogens (tertiary/aromatic N) is 3. The number of aromatic nitrogens is 3. The molecule has 7 nitrogen and oxygen atoms in total. The summed E-state index contributed by atoms with van der Waals surface area (Å²) in [5.41, 5.74) is 0.970. The Kier molecular flexibility index (Phi) is 9.38. The van der Waals surface area contributed by atoms with Crippen LogP contribution in [0.25, 0.3) is 0 Å².